The summed E-state index contributed by atoms with van der Waals surface area (Å²) in [6, 6.07) is 5.13. The number of nitrogens with one attached hydrogen (secondary N) is 1. The number of aryl methyl sites for hydroxylation is 1. The Balaban J connectivity index is 0.000000310. The fourth-order valence-electron chi connectivity index (χ4n) is 2.40. The third-order valence-electron chi connectivity index (χ3n) is 3.75. The zero-order valence-electron chi connectivity index (χ0n) is 16.9. The fourth-order valence-corrected chi connectivity index (χ4v) is 3.87. The lowest BCUT2D eigenvalue weighted by molar-refractivity contribution is 0.0639. The Hall–Kier alpha value is -2.45. The molecule has 2 N–H and O–H groups in total. The number of hydrogen-bond acceptors (Lipinski definition) is 6. The van der Waals surface area contributed by atoms with E-state index in [1.54, 1.807) is 0 Å². The molecule has 34 heavy (non-hydrogen) atoms. The summed E-state index contributed by atoms with van der Waals surface area (Å²) in [5, 5.41) is 12.3. The maximum absolute atomic E-state index is 12.8. The van der Waals surface area contributed by atoms with Crippen molar-refractivity contribution in [3.63, 3.8) is 0 Å². The van der Waals surface area contributed by atoms with E-state index in [4.69, 9.17) is 51.5 Å². The van der Waals surface area contributed by atoms with E-state index in [2.05, 4.69) is 14.8 Å². The van der Waals surface area contributed by atoms with Gasteiger partial charge in [-0.15, -0.1) is 5.10 Å². The highest BCUT2D eigenvalue weighted by atomic mass is 35.5. The molecule has 2 heterocycles. The summed E-state index contributed by atoms with van der Waals surface area (Å²) in [4.78, 5) is 25.9. The minimum Gasteiger partial charge on any atom is -0.476 e. The van der Waals surface area contributed by atoms with Gasteiger partial charge in [-0.1, -0.05) is 46.4 Å². The quantitative estimate of drug-likeness (QED) is 0.425. The third-order valence-corrected chi connectivity index (χ3v) is 5.47. The Morgan fingerprint density at radius 2 is 1.74 bits per heavy atom. The van der Waals surface area contributed by atoms with Crippen LogP contribution in [0.4, 0.5) is 14.5 Å². The van der Waals surface area contributed by atoms with Crippen molar-refractivity contribution in [1.82, 2.24) is 19.3 Å². The number of rotatable bonds is 5. The molecule has 0 saturated carbocycles. The van der Waals surface area contributed by atoms with Gasteiger partial charge in [0.25, 0.3) is 0 Å². The third kappa shape index (κ3) is 6.79. The minimum atomic E-state index is -3.65. The standard InChI is InChI=1S/C11H10Cl2F2N4O3S.C6H3Cl2NO2/c1-5-16-19(11(20)18(5)10(14)15)9-4-8(17-23(2,21)22)6(12)3-7(9)13;7-3-1-2-4(8)9-5(3)6(10)11/h3-4,10,17H,1-2H3;1-2H,(H,10,11). The summed E-state index contributed by atoms with van der Waals surface area (Å²) in [5.41, 5.74) is -1.49. The second-order valence-electron chi connectivity index (χ2n) is 6.32. The van der Waals surface area contributed by atoms with Crippen LogP contribution in [0.3, 0.4) is 0 Å². The molecule has 0 amide bonds. The van der Waals surface area contributed by atoms with E-state index < -0.39 is 28.2 Å². The van der Waals surface area contributed by atoms with Crippen molar-refractivity contribution >= 4 is 68.1 Å². The molecule has 2 aromatic heterocycles. The normalized spacial score (nSPS) is 11.2. The van der Waals surface area contributed by atoms with Gasteiger partial charge in [0.15, 0.2) is 5.69 Å². The van der Waals surface area contributed by atoms with E-state index >= 15 is 0 Å². The Labute approximate surface area is 210 Å². The lowest BCUT2D eigenvalue weighted by Crippen LogP contribution is -2.25. The zero-order chi connectivity index (χ0) is 26.0. The minimum absolute atomic E-state index is 0.0257. The highest BCUT2D eigenvalue weighted by molar-refractivity contribution is 7.92. The lowest BCUT2D eigenvalue weighted by atomic mass is 10.3. The van der Waals surface area contributed by atoms with Crippen molar-refractivity contribution in [2.75, 3.05) is 11.0 Å². The molecule has 1 aromatic carbocycles. The first-order valence-electron chi connectivity index (χ1n) is 8.61. The summed E-state index contributed by atoms with van der Waals surface area (Å²) >= 11 is 22.8. The van der Waals surface area contributed by atoms with Crippen LogP contribution in [0.5, 0.6) is 0 Å². The molecule has 0 radical (unpaired) electrons. The highest BCUT2D eigenvalue weighted by Crippen LogP contribution is 2.31. The number of anilines is 1. The summed E-state index contributed by atoms with van der Waals surface area (Å²) < 4.78 is 51.3. The van der Waals surface area contributed by atoms with Crippen LogP contribution in [0.25, 0.3) is 5.69 Å². The number of alkyl halides is 2. The van der Waals surface area contributed by atoms with Gasteiger partial charge in [-0.25, -0.2) is 27.6 Å². The van der Waals surface area contributed by atoms with Gasteiger partial charge in [0.1, 0.15) is 11.0 Å². The van der Waals surface area contributed by atoms with Crippen LogP contribution in [0.2, 0.25) is 20.2 Å². The van der Waals surface area contributed by atoms with Crippen molar-refractivity contribution < 1.29 is 27.1 Å². The molecule has 10 nitrogen and oxygen atoms in total. The molecular weight excluding hydrogens is 566 g/mol. The molecule has 3 aromatic rings. The molecule has 0 aliphatic heterocycles. The number of halogens is 6. The number of nitrogens with zero attached hydrogens (tertiary/aromatic N) is 4. The van der Waals surface area contributed by atoms with E-state index in [9.17, 15) is 26.8 Å². The molecule has 0 spiro atoms. The Morgan fingerprint density at radius 1 is 1.12 bits per heavy atom. The van der Waals surface area contributed by atoms with Gasteiger partial charge in [0.05, 0.1) is 32.7 Å². The Kier molecular flexibility index (Phi) is 8.88. The van der Waals surface area contributed by atoms with E-state index in [1.165, 1.54) is 25.1 Å². The fraction of sp³-hybridized carbons (Fsp3) is 0.176. The average Bonchev–Trinajstić information content (AvgIpc) is 2.99. The summed E-state index contributed by atoms with van der Waals surface area (Å²) in [5.74, 6) is -1.41. The number of aromatic nitrogens is 4. The van der Waals surface area contributed by atoms with Gasteiger partial charge in [-0.05, 0) is 31.2 Å². The predicted molar refractivity (Wildman–Crippen MR) is 124 cm³/mol. The second-order valence-corrected chi connectivity index (χ2v) is 9.67. The summed E-state index contributed by atoms with van der Waals surface area (Å²) in [7, 11) is -3.65. The molecule has 0 fully saturated rings. The first-order chi connectivity index (χ1) is 15.6. The van der Waals surface area contributed by atoms with Gasteiger partial charge in [0, 0.05) is 0 Å². The SMILES string of the molecule is Cc1nn(-c2cc(NS(C)(=O)=O)c(Cl)cc2Cl)c(=O)n1C(F)F.O=C(O)c1nc(Cl)ccc1Cl. The van der Waals surface area contributed by atoms with Crippen LogP contribution in [-0.2, 0) is 10.0 Å². The number of pyridine rings is 1. The van der Waals surface area contributed by atoms with E-state index in [-0.39, 0.29) is 47.7 Å². The van der Waals surface area contributed by atoms with E-state index in [1.807, 2.05) is 0 Å². The number of benzene rings is 1. The maximum Gasteiger partial charge on any atom is 0.356 e. The topological polar surface area (TPSA) is 136 Å². The number of carbonyl (C=O) groups is 1. The number of carboxylic acid groups (broad SMARTS) is 1. The zero-order valence-corrected chi connectivity index (χ0v) is 20.8. The van der Waals surface area contributed by atoms with E-state index in [0.717, 1.165) is 12.3 Å². The van der Waals surface area contributed by atoms with Crippen LogP contribution in [0.1, 0.15) is 22.9 Å². The number of sulfonamides is 1. The molecule has 0 saturated heterocycles. The van der Waals surface area contributed by atoms with Crippen molar-refractivity contribution in [2.45, 2.75) is 13.5 Å². The van der Waals surface area contributed by atoms with Crippen molar-refractivity contribution in [3.05, 3.63) is 66.5 Å². The Morgan fingerprint density at radius 3 is 2.21 bits per heavy atom. The summed E-state index contributed by atoms with van der Waals surface area (Å²) in [6.45, 7) is -1.85. The largest absolute Gasteiger partial charge is 0.476 e. The van der Waals surface area contributed by atoms with Crippen molar-refractivity contribution in [2.24, 2.45) is 0 Å². The highest BCUT2D eigenvalue weighted by Gasteiger charge is 2.21. The van der Waals surface area contributed by atoms with Crippen molar-refractivity contribution in [3.8, 4) is 5.69 Å². The smallest absolute Gasteiger partial charge is 0.356 e. The predicted octanol–water partition coefficient (Wildman–Crippen LogP) is 4.50. The van der Waals surface area contributed by atoms with Crippen LogP contribution in [0, 0.1) is 6.92 Å². The average molecular weight is 579 g/mol. The number of carboxylic acids is 1. The van der Waals surface area contributed by atoms with Crippen LogP contribution < -0.4 is 10.4 Å². The van der Waals surface area contributed by atoms with Gasteiger partial charge >= 0.3 is 18.2 Å². The lowest BCUT2D eigenvalue weighted by Gasteiger charge is -2.10. The van der Waals surface area contributed by atoms with Gasteiger partial charge in [-0.3, -0.25) is 4.72 Å². The van der Waals surface area contributed by atoms with Crippen LogP contribution in [0.15, 0.2) is 29.1 Å². The molecule has 184 valence electrons. The van der Waals surface area contributed by atoms with Gasteiger partial charge in [0.2, 0.25) is 10.0 Å². The van der Waals surface area contributed by atoms with E-state index in [0.29, 0.717) is 4.68 Å². The number of aromatic carboxylic acids is 1. The molecule has 0 bridgehead atoms. The maximum atomic E-state index is 12.8. The van der Waals surface area contributed by atoms with Crippen LogP contribution >= 0.6 is 46.4 Å². The van der Waals surface area contributed by atoms with Crippen LogP contribution in [-0.4, -0.2) is 45.1 Å². The molecule has 0 unspecified atom stereocenters. The van der Waals surface area contributed by atoms with Gasteiger partial charge in [-0.2, -0.15) is 13.5 Å². The Bertz CT molecular complexity index is 1410. The molecule has 0 aliphatic rings. The monoisotopic (exact) mass is 577 g/mol. The molecular formula is C17H13Cl4F2N5O5S. The van der Waals surface area contributed by atoms with Crippen molar-refractivity contribution in [1.29, 1.82) is 0 Å². The molecule has 0 aliphatic carbocycles. The molecule has 3 rings (SSSR count). The first-order valence-corrected chi connectivity index (χ1v) is 12.0. The first kappa shape index (κ1) is 27.8. The summed E-state index contributed by atoms with van der Waals surface area (Å²) in [6.07, 6.45) is 0.902. The number of hydrogen-bond donors (Lipinski definition) is 2. The molecule has 0 atom stereocenters. The van der Waals surface area contributed by atoms with Gasteiger partial charge < -0.3 is 5.11 Å². The molecule has 17 heteroatoms. The second kappa shape index (κ2) is 10.9.